The Labute approximate surface area is 136 Å². The van der Waals surface area contributed by atoms with E-state index in [0.717, 1.165) is 49.4 Å². The Morgan fingerprint density at radius 3 is 2.65 bits per heavy atom. The predicted octanol–water partition coefficient (Wildman–Crippen LogP) is 2.89. The Morgan fingerprint density at radius 2 is 2.00 bits per heavy atom. The molecule has 0 amide bonds. The number of nitriles is 1. The molecule has 0 bridgehead atoms. The van der Waals surface area contributed by atoms with E-state index >= 15 is 0 Å². The summed E-state index contributed by atoms with van der Waals surface area (Å²) in [5.41, 5.74) is 2.06. The van der Waals surface area contributed by atoms with Crippen molar-refractivity contribution in [2.75, 3.05) is 20.2 Å². The molecule has 5 nitrogen and oxygen atoms in total. The van der Waals surface area contributed by atoms with Crippen molar-refractivity contribution in [3.63, 3.8) is 0 Å². The SMILES string of the molecule is COc1ccc(-c2ncc(CN3CCCC(C#N)C3)cn2)cc1. The van der Waals surface area contributed by atoms with E-state index in [0.29, 0.717) is 5.82 Å². The molecule has 0 aliphatic carbocycles. The van der Waals surface area contributed by atoms with Gasteiger partial charge in [0.15, 0.2) is 5.82 Å². The van der Waals surface area contributed by atoms with E-state index in [1.807, 2.05) is 36.7 Å². The Balaban J connectivity index is 1.65. The third kappa shape index (κ3) is 3.85. The number of rotatable bonds is 4. The van der Waals surface area contributed by atoms with E-state index in [1.54, 1.807) is 7.11 Å². The van der Waals surface area contributed by atoms with Gasteiger partial charge in [-0.25, -0.2) is 9.97 Å². The van der Waals surface area contributed by atoms with Gasteiger partial charge >= 0.3 is 0 Å². The number of benzene rings is 1. The molecule has 5 heteroatoms. The molecule has 23 heavy (non-hydrogen) atoms. The number of likely N-dealkylation sites (tertiary alicyclic amines) is 1. The Bertz CT molecular complexity index is 676. The fourth-order valence-corrected chi connectivity index (χ4v) is 2.89. The fraction of sp³-hybridized carbons (Fsp3) is 0.389. The molecule has 1 aliphatic rings. The zero-order valence-electron chi connectivity index (χ0n) is 13.3. The van der Waals surface area contributed by atoms with Crippen molar-refractivity contribution in [1.82, 2.24) is 14.9 Å². The first-order valence-electron chi connectivity index (χ1n) is 7.86. The van der Waals surface area contributed by atoms with E-state index in [9.17, 15) is 0 Å². The maximum Gasteiger partial charge on any atom is 0.159 e. The maximum atomic E-state index is 9.06. The Morgan fingerprint density at radius 1 is 1.26 bits per heavy atom. The van der Waals surface area contributed by atoms with Crippen LogP contribution in [0, 0.1) is 17.2 Å². The van der Waals surface area contributed by atoms with Gasteiger partial charge in [0.25, 0.3) is 0 Å². The Kier molecular flexibility index (Phi) is 4.84. The van der Waals surface area contributed by atoms with Gasteiger partial charge in [-0.1, -0.05) is 0 Å². The number of methoxy groups -OCH3 is 1. The third-order valence-corrected chi connectivity index (χ3v) is 4.15. The highest BCUT2D eigenvalue weighted by molar-refractivity contribution is 5.55. The molecule has 1 aliphatic heterocycles. The highest BCUT2D eigenvalue weighted by Gasteiger charge is 2.19. The molecular formula is C18H20N4O. The molecule has 2 aromatic rings. The molecule has 0 spiro atoms. The van der Waals surface area contributed by atoms with Gasteiger partial charge in [0.2, 0.25) is 0 Å². The number of hydrogen-bond donors (Lipinski definition) is 0. The minimum absolute atomic E-state index is 0.156. The van der Waals surface area contributed by atoms with Crippen LogP contribution < -0.4 is 4.74 Å². The van der Waals surface area contributed by atoms with Crippen LogP contribution in [0.2, 0.25) is 0 Å². The van der Waals surface area contributed by atoms with Crippen molar-refractivity contribution in [2.24, 2.45) is 5.92 Å². The zero-order valence-corrected chi connectivity index (χ0v) is 13.3. The summed E-state index contributed by atoms with van der Waals surface area (Å²) in [6, 6.07) is 10.1. The summed E-state index contributed by atoms with van der Waals surface area (Å²) in [6.45, 7) is 2.69. The number of piperidine rings is 1. The first-order valence-corrected chi connectivity index (χ1v) is 7.86. The van der Waals surface area contributed by atoms with Crippen LogP contribution in [-0.2, 0) is 6.54 Å². The van der Waals surface area contributed by atoms with Crippen LogP contribution in [0.1, 0.15) is 18.4 Å². The van der Waals surface area contributed by atoms with Gasteiger partial charge in [-0.15, -0.1) is 0 Å². The molecule has 1 aromatic carbocycles. The topological polar surface area (TPSA) is 62.0 Å². The molecule has 3 rings (SSSR count). The van der Waals surface area contributed by atoms with Crippen molar-refractivity contribution in [2.45, 2.75) is 19.4 Å². The molecule has 0 N–H and O–H groups in total. The van der Waals surface area contributed by atoms with Gasteiger partial charge in [0.05, 0.1) is 19.1 Å². The lowest BCUT2D eigenvalue weighted by atomic mass is 9.99. The van der Waals surface area contributed by atoms with Crippen molar-refractivity contribution in [1.29, 1.82) is 5.26 Å². The summed E-state index contributed by atoms with van der Waals surface area (Å²) in [5.74, 6) is 1.69. The quantitative estimate of drug-likeness (QED) is 0.869. The van der Waals surface area contributed by atoms with E-state index < -0.39 is 0 Å². The summed E-state index contributed by atoms with van der Waals surface area (Å²) in [4.78, 5) is 11.2. The number of aromatic nitrogens is 2. The van der Waals surface area contributed by atoms with Crippen LogP contribution in [0.3, 0.4) is 0 Å². The monoisotopic (exact) mass is 308 g/mol. The van der Waals surface area contributed by atoms with Crippen LogP contribution in [0.4, 0.5) is 0 Å². The van der Waals surface area contributed by atoms with Gasteiger partial charge < -0.3 is 4.74 Å². The second kappa shape index (κ2) is 7.21. The molecule has 1 atom stereocenters. The van der Waals surface area contributed by atoms with Crippen LogP contribution >= 0.6 is 0 Å². The Hall–Kier alpha value is -2.45. The highest BCUT2D eigenvalue weighted by atomic mass is 16.5. The lowest BCUT2D eigenvalue weighted by Gasteiger charge is -2.29. The van der Waals surface area contributed by atoms with Crippen LogP contribution in [0.15, 0.2) is 36.7 Å². The summed E-state index contributed by atoms with van der Waals surface area (Å²) in [5, 5.41) is 9.06. The van der Waals surface area contributed by atoms with E-state index in [4.69, 9.17) is 10.00 Å². The highest BCUT2D eigenvalue weighted by Crippen LogP contribution is 2.20. The van der Waals surface area contributed by atoms with Crippen molar-refractivity contribution >= 4 is 0 Å². The molecule has 1 aromatic heterocycles. The van der Waals surface area contributed by atoms with E-state index in [-0.39, 0.29) is 5.92 Å². The fourth-order valence-electron chi connectivity index (χ4n) is 2.89. The second-order valence-corrected chi connectivity index (χ2v) is 5.85. The number of ether oxygens (including phenoxy) is 1. The van der Waals surface area contributed by atoms with Gasteiger partial charge in [0.1, 0.15) is 5.75 Å². The van der Waals surface area contributed by atoms with Crippen LogP contribution in [-0.4, -0.2) is 35.1 Å². The standard InChI is InChI=1S/C18H20N4O/c1-23-17-6-4-16(5-7-17)18-20-10-15(11-21-18)13-22-8-2-3-14(9-19)12-22/h4-7,10-11,14H,2-3,8,12-13H2,1H3. The van der Waals surface area contributed by atoms with Gasteiger partial charge in [-0.3, -0.25) is 4.90 Å². The summed E-state index contributed by atoms with van der Waals surface area (Å²) >= 11 is 0. The predicted molar refractivity (Wildman–Crippen MR) is 87.6 cm³/mol. The minimum atomic E-state index is 0.156. The largest absolute Gasteiger partial charge is 0.497 e. The van der Waals surface area contributed by atoms with Crippen LogP contribution in [0.25, 0.3) is 11.4 Å². The first-order chi connectivity index (χ1) is 11.3. The molecule has 1 saturated heterocycles. The molecule has 0 saturated carbocycles. The maximum absolute atomic E-state index is 9.06. The molecular weight excluding hydrogens is 288 g/mol. The van der Waals surface area contributed by atoms with Crippen molar-refractivity contribution in [3.05, 3.63) is 42.2 Å². The molecule has 118 valence electrons. The summed E-state index contributed by atoms with van der Waals surface area (Å²) in [7, 11) is 1.65. The van der Waals surface area contributed by atoms with Crippen molar-refractivity contribution < 1.29 is 4.74 Å². The second-order valence-electron chi connectivity index (χ2n) is 5.85. The average molecular weight is 308 g/mol. The molecule has 1 fully saturated rings. The number of hydrogen-bond acceptors (Lipinski definition) is 5. The van der Waals surface area contributed by atoms with Gasteiger partial charge in [0, 0.05) is 36.6 Å². The smallest absolute Gasteiger partial charge is 0.159 e. The van der Waals surface area contributed by atoms with Crippen molar-refractivity contribution in [3.8, 4) is 23.2 Å². The van der Waals surface area contributed by atoms with Crippen LogP contribution in [0.5, 0.6) is 5.75 Å². The molecule has 0 radical (unpaired) electrons. The normalized spacial score (nSPS) is 18.3. The lowest BCUT2D eigenvalue weighted by Crippen LogP contribution is -2.34. The summed E-state index contributed by atoms with van der Waals surface area (Å²) < 4.78 is 5.16. The molecule has 2 heterocycles. The third-order valence-electron chi connectivity index (χ3n) is 4.15. The zero-order chi connectivity index (χ0) is 16.1. The first kappa shape index (κ1) is 15.4. The lowest BCUT2D eigenvalue weighted by molar-refractivity contribution is 0.192. The minimum Gasteiger partial charge on any atom is -0.497 e. The van der Waals surface area contributed by atoms with Gasteiger partial charge in [-0.05, 0) is 43.7 Å². The number of nitrogens with zero attached hydrogens (tertiary/aromatic N) is 4. The van der Waals surface area contributed by atoms with Gasteiger partial charge in [-0.2, -0.15) is 5.26 Å². The van der Waals surface area contributed by atoms with E-state index in [2.05, 4.69) is 20.9 Å². The van der Waals surface area contributed by atoms with E-state index in [1.165, 1.54) is 0 Å². The average Bonchev–Trinajstić information content (AvgIpc) is 2.63. The molecule has 1 unspecified atom stereocenters. The summed E-state index contributed by atoms with van der Waals surface area (Å²) in [6.07, 6.45) is 5.86.